The molecule has 0 unspecified atom stereocenters. The first-order valence-electron chi connectivity index (χ1n) is 8.77. The molecule has 2 N–H and O–H groups in total. The average molecular weight is 337 g/mol. The number of rotatable bonds is 4. The Hall–Kier alpha value is -2.76. The van der Waals surface area contributed by atoms with E-state index in [9.17, 15) is 4.79 Å². The number of aromatic amines is 1. The molecule has 1 atom stereocenters. The van der Waals surface area contributed by atoms with Gasteiger partial charge in [0.25, 0.3) is 0 Å². The predicted octanol–water partition coefficient (Wildman–Crippen LogP) is 2.64. The van der Waals surface area contributed by atoms with E-state index in [0.717, 1.165) is 37.1 Å². The van der Waals surface area contributed by atoms with Crippen LogP contribution < -0.4 is 5.32 Å². The third kappa shape index (κ3) is 3.38. The lowest BCUT2D eigenvalue weighted by molar-refractivity contribution is 0.208. The van der Waals surface area contributed by atoms with Gasteiger partial charge in [-0.3, -0.25) is 4.68 Å². The number of aromatic nitrogens is 3. The Morgan fingerprint density at radius 1 is 1.40 bits per heavy atom. The Bertz CT molecular complexity index is 848. The quantitative estimate of drug-likeness (QED) is 0.769. The van der Waals surface area contributed by atoms with Gasteiger partial charge < -0.3 is 15.2 Å². The van der Waals surface area contributed by atoms with Gasteiger partial charge in [0.2, 0.25) is 0 Å². The molecule has 0 radical (unpaired) electrons. The van der Waals surface area contributed by atoms with Crippen LogP contribution in [-0.2, 0) is 13.5 Å². The van der Waals surface area contributed by atoms with Crippen LogP contribution in [0.25, 0.3) is 10.9 Å². The monoisotopic (exact) mass is 337 g/mol. The Labute approximate surface area is 146 Å². The predicted molar refractivity (Wildman–Crippen MR) is 97.5 cm³/mol. The van der Waals surface area contributed by atoms with E-state index in [1.807, 2.05) is 41.2 Å². The van der Waals surface area contributed by atoms with Crippen LogP contribution in [0, 0.1) is 0 Å². The number of urea groups is 1. The second-order valence-corrected chi connectivity index (χ2v) is 6.74. The van der Waals surface area contributed by atoms with Crippen LogP contribution in [0.3, 0.4) is 0 Å². The third-order valence-electron chi connectivity index (χ3n) is 4.93. The zero-order valence-corrected chi connectivity index (χ0v) is 14.4. The van der Waals surface area contributed by atoms with E-state index in [1.54, 1.807) is 0 Å². The van der Waals surface area contributed by atoms with Crippen LogP contribution in [0.5, 0.6) is 0 Å². The maximum atomic E-state index is 12.4. The molecule has 2 amide bonds. The fourth-order valence-corrected chi connectivity index (χ4v) is 3.55. The molecule has 6 nitrogen and oxygen atoms in total. The van der Waals surface area contributed by atoms with Gasteiger partial charge in [0.15, 0.2) is 0 Å². The van der Waals surface area contributed by atoms with Crippen LogP contribution in [0.1, 0.15) is 23.6 Å². The summed E-state index contributed by atoms with van der Waals surface area (Å²) in [4.78, 5) is 17.7. The number of amides is 2. The van der Waals surface area contributed by atoms with Crippen molar-refractivity contribution < 1.29 is 4.79 Å². The molecule has 0 spiro atoms. The summed E-state index contributed by atoms with van der Waals surface area (Å²) < 4.78 is 1.82. The van der Waals surface area contributed by atoms with Crippen LogP contribution in [0.4, 0.5) is 4.79 Å². The first kappa shape index (κ1) is 15.7. The number of fused-ring (bicyclic) bond motifs is 1. The Balaban J connectivity index is 1.28. The molecule has 0 aliphatic carbocycles. The van der Waals surface area contributed by atoms with Crippen LogP contribution >= 0.6 is 0 Å². The number of nitrogens with zero attached hydrogens (tertiary/aromatic N) is 3. The highest BCUT2D eigenvalue weighted by molar-refractivity contribution is 5.80. The van der Waals surface area contributed by atoms with E-state index in [1.165, 1.54) is 10.9 Å². The second kappa shape index (κ2) is 6.63. The molecule has 1 fully saturated rings. The summed E-state index contributed by atoms with van der Waals surface area (Å²) in [6, 6.07) is 10.4. The zero-order chi connectivity index (χ0) is 17.2. The molecular formula is C19H23N5O. The molecule has 6 heteroatoms. The molecule has 2 aromatic heterocycles. The molecule has 1 aliphatic rings. The number of aryl methyl sites for hydroxylation is 1. The molecule has 0 saturated carbocycles. The number of hydrogen-bond acceptors (Lipinski definition) is 2. The summed E-state index contributed by atoms with van der Waals surface area (Å²) in [6.45, 7) is 2.21. The largest absolute Gasteiger partial charge is 0.358 e. The van der Waals surface area contributed by atoms with Gasteiger partial charge in [-0.05, 0) is 29.5 Å². The van der Waals surface area contributed by atoms with Crippen molar-refractivity contribution in [3.05, 3.63) is 54.0 Å². The minimum atomic E-state index is 0.0301. The summed E-state index contributed by atoms with van der Waals surface area (Å²) in [7, 11) is 1.92. The van der Waals surface area contributed by atoms with E-state index < -0.39 is 0 Å². The highest BCUT2D eigenvalue weighted by Gasteiger charge is 2.27. The molecule has 25 heavy (non-hydrogen) atoms. The van der Waals surface area contributed by atoms with Gasteiger partial charge in [-0.25, -0.2) is 4.79 Å². The number of para-hydroxylation sites is 1. The molecule has 130 valence electrons. The van der Waals surface area contributed by atoms with E-state index in [-0.39, 0.29) is 6.03 Å². The van der Waals surface area contributed by atoms with Gasteiger partial charge in [0, 0.05) is 56.4 Å². The van der Waals surface area contributed by atoms with E-state index in [2.05, 4.69) is 33.6 Å². The molecule has 1 aromatic carbocycles. The number of carbonyl (C=O) groups is 1. The number of nitrogens with one attached hydrogen (secondary N) is 2. The zero-order valence-electron chi connectivity index (χ0n) is 14.4. The fourth-order valence-electron chi connectivity index (χ4n) is 3.55. The Morgan fingerprint density at radius 2 is 2.28 bits per heavy atom. The van der Waals surface area contributed by atoms with Gasteiger partial charge in [-0.2, -0.15) is 5.10 Å². The smallest absolute Gasteiger partial charge is 0.317 e. The second-order valence-electron chi connectivity index (χ2n) is 6.74. The van der Waals surface area contributed by atoms with Gasteiger partial charge >= 0.3 is 6.03 Å². The third-order valence-corrected chi connectivity index (χ3v) is 4.93. The molecule has 3 aromatic rings. The van der Waals surface area contributed by atoms with Gasteiger partial charge in [-0.15, -0.1) is 0 Å². The van der Waals surface area contributed by atoms with Crippen molar-refractivity contribution in [2.45, 2.75) is 18.8 Å². The lowest BCUT2D eigenvalue weighted by Crippen LogP contribution is -2.39. The maximum Gasteiger partial charge on any atom is 0.317 e. The molecule has 1 saturated heterocycles. The minimum absolute atomic E-state index is 0.0301. The highest BCUT2D eigenvalue weighted by Crippen LogP contribution is 2.26. The van der Waals surface area contributed by atoms with Crippen molar-refractivity contribution in [2.75, 3.05) is 19.6 Å². The average Bonchev–Trinajstić information content (AvgIpc) is 3.32. The van der Waals surface area contributed by atoms with Gasteiger partial charge in [0.05, 0.1) is 6.20 Å². The van der Waals surface area contributed by atoms with Gasteiger partial charge in [-0.1, -0.05) is 18.2 Å². The van der Waals surface area contributed by atoms with Crippen molar-refractivity contribution in [3.8, 4) is 0 Å². The lowest BCUT2D eigenvalue weighted by Gasteiger charge is -2.17. The Morgan fingerprint density at radius 3 is 3.08 bits per heavy atom. The van der Waals surface area contributed by atoms with Crippen LogP contribution in [0.15, 0.2) is 42.7 Å². The van der Waals surface area contributed by atoms with Crippen molar-refractivity contribution in [2.24, 2.45) is 7.05 Å². The lowest BCUT2D eigenvalue weighted by atomic mass is 10.0. The fraction of sp³-hybridized carbons (Fsp3) is 0.368. The number of H-pyrrole nitrogens is 1. The van der Waals surface area contributed by atoms with Crippen LogP contribution in [-0.4, -0.2) is 45.3 Å². The summed E-state index contributed by atoms with van der Waals surface area (Å²) in [5.41, 5.74) is 3.51. The Kier molecular flexibility index (Phi) is 4.17. The molecule has 0 bridgehead atoms. The summed E-state index contributed by atoms with van der Waals surface area (Å²) in [5.74, 6) is 0.396. The van der Waals surface area contributed by atoms with Crippen molar-refractivity contribution in [1.29, 1.82) is 0 Å². The first-order chi connectivity index (χ1) is 12.2. The summed E-state index contributed by atoms with van der Waals surface area (Å²) in [6.07, 6.45) is 5.76. The highest BCUT2D eigenvalue weighted by atomic mass is 16.2. The maximum absolute atomic E-state index is 12.4. The van der Waals surface area contributed by atoms with Gasteiger partial charge in [0.1, 0.15) is 0 Å². The molecule has 4 rings (SSSR count). The van der Waals surface area contributed by atoms with Crippen molar-refractivity contribution in [3.63, 3.8) is 0 Å². The number of hydrogen-bond donors (Lipinski definition) is 2. The SMILES string of the molecule is Cn1cc([C@H]2CCN(C(=O)NCCc3cc4ccccc4[nH]3)C2)cn1. The summed E-state index contributed by atoms with van der Waals surface area (Å²) in [5, 5.41) is 8.48. The standard InChI is InChI=1S/C19H23N5O/c1-23-12-16(11-21-23)15-7-9-24(13-15)19(25)20-8-6-17-10-14-4-2-3-5-18(14)22-17/h2-5,10-12,15,22H,6-9,13H2,1H3,(H,20,25)/t15-/m0/s1. The summed E-state index contributed by atoms with van der Waals surface area (Å²) >= 11 is 0. The normalized spacial score (nSPS) is 17.3. The molecule has 3 heterocycles. The number of benzene rings is 1. The first-order valence-corrected chi connectivity index (χ1v) is 8.77. The topological polar surface area (TPSA) is 66.0 Å². The van der Waals surface area contributed by atoms with Crippen LogP contribution in [0.2, 0.25) is 0 Å². The van der Waals surface area contributed by atoms with E-state index in [0.29, 0.717) is 12.5 Å². The molecular weight excluding hydrogens is 314 g/mol. The number of likely N-dealkylation sites (tertiary alicyclic amines) is 1. The van der Waals surface area contributed by atoms with E-state index >= 15 is 0 Å². The minimum Gasteiger partial charge on any atom is -0.358 e. The molecule has 1 aliphatic heterocycles. The van der Waals surface area contributed by atoms with E-state index in [4.69, 9.17) is 0 Å². The van der Waals surface area contributed by atoms with Crippen molar-refractivity contribution >= 4 is 16.9 Å². The van der Waals surface area contributed by atoms with Crippen molar-refractivity contribution in [1.82, 2.24) is 25.0 Å². The number of carbonyl (C=O) groups excluding carboxylic acids is 1.